The monoisotopic (exact) mass is 272 g/mol. The lowest BCUT2D eigenvalue weighted by Crippen LogP contribution is -2.29. The van der Waals surface area contributed by atoms with Crippen LogP contribution in [0.3, 0.4) is 0 Å². The Morgan fingerprint density at radius 3 is 2.80 bits per heavy atom. The topological polar surface area (TPSA) is 55.1 Å². The first-order valence-electron chi connectivity index (χ1n) is 7.45. The van der Waals surface area contributed by atoms with Crippen LogP contribution in [-0.4, -0.2) is 12.5 Å². The van der Waals surface area contributed by atoms with Gasteiger partial charge in [-0.15, -0.1) is 0 Å². The highest BCUT2D eigenvalue weighted by Crippen LogP contribution is 2.27. The number of hydrogen-bond donors (Lipinski definition) is 2. The maximum atomic E-state index is 11.8. The Bertz CT molecular complexity index is 474. The molecule has 3 nitrogen and oxygen atoms in total. The first kappa shape index (κ1) is 14.6. The van der Waals surface area contributed by atoms with Crippen molar-refractivity contribution < 1.29 is 4.79 Å². The summed E-state index contributed by atoms with van der Waals surface area (Å²) in [7, 11) is 0. The van der Waals surface area contributed by atoms with E-state index in [1.807, 2.05) is 24.3 Å². The third-order valence-corrected chi connectivity index (χ3v) is 4.04. The fourth-order valence-electron chi connectivity index (χ4n) is 2.67. The zero-order chi connectivity index (χ0) is 14.4. The summed E-state index contributed by atoms with van der Waals surface area (Å²) < 4.78 is 0. The quantitative estimate of drug-likeness (QED) is 0.653. The van der Waals surface area contributed by atoms with Crippen LogP contribution in [0.15, 0.2) is 30.3 Å². The van der Waals surface area contributed by atoms with Crippen LogP contribution < -0.4 is 11.1 Å². The van der Waals surface area contributed by atoms with E-state index in [-0.39, 0.29) is 5.91 Å². The number of nitrogen functional groups attached to an aromatic ring is 1. The van der Waals surface area contributed by atoms with Crippen LogP contribution >= 0.6 is 0 Å². The molecule has 1 aromatic carbocycles. The molecule has 1 aromatic rings. The van der Waals surface area contributed by atoms with Crippen molar-refractivity contribution in [1.82, 2.24) is 5.32 Å². The van der Waals surface area contributed by atoms with Crippen molar-refractivity contribution >= 4 is 17.7 Å². The molecule has 108 valence electrons. The molecule has 1 aliphatic carbocycles. The number of nitrogens with one attached hydrogen (secondary N) is 1. The van der Waals surface area contributed by atoms with Crippen molar-refractivity contribution in [3.05, 3.63) is 35.9 Å². The fraction of sp³-hybridized carbons (Fsp3) is 0.471. The molecule has 0 spiro atoms. The lowest BCUT2D eigenvalue weighted by molar-refractivity contribution is -0.116. The normalized spacial score (nSPS) is 22.9. The van der Waals surface area contributed by atoms with Crippen molar-refractivity contribution in [2.45, 2.75) is 32.6 Å². The molecular formula is C17H24N2O. The Hall–Kier alpha value is -1.77. The number of benzene rings is 1. The van der Waals surface area contributed by atoms with Crippen molar-refractivity contribution in [3.63, 3.8) is 0 Å². The number of anilines is 1. The molecule has 0 aromatic heterocycles. The van der Waals surface area contributed by atoms with Gasteiger partial charge in [-0.1, -0.05) is 31.9 Å². The maximum Gasteiger partial charge on any atom is 0.244 e. The average molecular weight is 272 g/mol. The van der Waals surface area contributed by atoms with Gasteiger partial charge in [0.15, 0.2) is 0 Å². The first-order chi connectivity index (χ1) is 9.63. The SMILES string of the molecule is CC1CCC(CNC(=O)/C=C/c2cccc(N)c2)CC1. The van der Waals surface area contributed by atoms with Gasteiger partial charge in [-0.25, -0.2) is 0 Å². The molecule has 1 amide bonds. The third kappa shape index (κ3) is 4.72. The first-order valence-corrected chi connectivity index (χ1v) is 7.45. The zero-order valence-corrected chi connectivity index (χ0v) is 12.1. The van der Waals surface area contributed by atoms with Gasteiger partial charge in [-0.05, 0) is 48.4 Å². The van der Waals surface area contributed by atoms with Crippen LogP contribution in [-0.2, 0) is 4.79 Å². The molecule has 1 saturated carbocycles. The van der Waals surface area contributed by atoms with E-state index < -0.39 is 0 Å². The molecular weight excluding hydrogens is 248 g/mol. The Morgan fingerprint density at radius 1 is 1.35 bits per heavy atom. The smallest absolute Gasteiger partial charge is 0.244 e. The second kappa shape index (κ2) is 7.13. The van der Waals surface area contributed by atoms with Crippen LogP contribution in [0.5, 0.6) is 0 Å². The molecule has 3 N–H and O–H groups in total. The summed E-state index contributed by atoms with van der Waals surface area (Å²) in [6.45, 7) is 3.11. The molecule has 1 fully saturated rings. The highest BCUT2D eigenvalue weighted by Gasteiger charge is 2.18. The third-order valence-electron chi connectivity index (χ3n) is 4.04. The second-order valence-electron chi connectivity index (χ2n) is 5.87. The van der Waals surface area contributed by atoms with E-state index in [0.717, 1.165) is 18.0 Å². The van der Waals surface area contributed by atoms with Crippen molar-refractivity contribution in [2.24, 2.45) is 11.8 Å². The van der Waals surface area contributed by atoms with Crippen molar-refractivity contribution in [1.29, 1.82) is 0 Å². The Balaban J connectivity index is 1.75. The van der Waals surface area contributed by atoms with Crippen LogP contribution in [0.2, 0.25) is 0 Å². The molecule has 0 aliphatic heterocycles. The highest BCUT2D eigenvalue weighted by atomic mass is 16.1. The van der Waals surface area contributed by atoms with E-state index in [2.05, 4.69) is 12.2 Å². The van der Waals surface area contributed by atoms with Gasteiger partial charge in [0.05, 0.1) is 0 Å². The molecule has 0 saturated heterocycles. The average Bonchev–Trinajstić information content (AvgIpc) is 2.45. The molecule has 0 radical (unpaired) electrons. The van der Waals surface area contributed by atoms with E-state index in [0.29, 0.717) is 11.6 Å². The zero-order valence-electron chi connectivity index (χ0n) is 12.1. The minimum atomic E-state index is -0.0222. The van der Waals surface area contributed by atoms with Crippen molar-refractivity contribution in [2.75, 3.05) is 12.3 Å². The van der Waals surface area contributed by atoms with E-state index in [4.69, 9.17) is 5.73 Å². The lowest BCUT2D eigenvalue weighted by Gasteiger charge is -2.25. The Labute approximate surface area is 121 Å². The Morgan fingerprint density at radius 2 is 2.10 bits per heavy atom. The number of carbonyl (C=O) groups is 1. The van der Waals surface area contributed by atoms with Crippen LogP contribution in [0.1, 0.15) is 38.2 Å². The summed E-state index contributed by atoms with van der Waals surface area (Å²) >= 11 is 0. The van der Waals surface area contributed by atoms with E-state index in [1.165, 1.54) is 25.7 Å². The number of nitrogens with two attached hydrogens (primary N) is 1. The number of carbonyl (C=O) groups excluding carboxylic acids is 1. The van der Waals surface area contributed by atoms with Gasteiger partial charge in [0.2, 0.25) is 5.91 Å². The largest absolute Gasteiger partial charge is 0.399 e. The maximum absolute atomic E-state index is 11.8. The molecule has 20 heavy (non-hydrogen) atoms. The van der Waals surface area contributed by atoms with Gasteiger partial charge in [0.1, 0.15) is 0 Å². The Kier molecular flexibility index (Phi) is 5.22. The summed E-state index contributed by atoms with van der Waals surface area (Å²) in [4.78, 5) is 11.8. The predicted octanol–water partition coefficient (Wildman–Crippen LogP) is 3.22. The molecule has 2 rings (SSSR count). The van der Waals surface area contributed by atoms with Gasteiger partial charge in [-0.3, -0.25) is 4.79 Å². The minimum Gasteiger partial charge on any atom is -0.399 e. The van der Waals surface area contributed by atoms with Gasteiger partial charge >= 0.3 is 0 Å². The molecule has 0 heterocycles. The predicted molar refractivity (Wildman–Crippen MR) is 84.0 cm³/mol. The summed E-state index contributed by atoms with van der Waals surface area (Å²) in [5, 5.41) is 3.00. The molecule has 0 unspecified atom stereocenters. The summed E-state index contributed by atoms with van der Waals surface area (Å²) in [6, 6.07) is 7.51. The van der Waals surface area contributed by atoms with Gasteiger partial charge < -0.3 is 11.1 Å². The van der Waals surface area contributed by atoms with E-state index in [9.17, 15) is 4.79 Å². The summed E-state index contributed by atoms with van der Waals surface area (Å²) in [6.07, 6.45) is 8.44. The van der Waals surface area contributed by atoms with Crippen molar-refractivity contribution in [3.8, 4) is 0 Å². The number of rotatable bonds is 4. The van der Waals surface area contributed by atoms with Gasteiger partial charge in [0, 0.05) is 18.3 Å². The van der Waals surface area contributed by atoms with Crippen LogP contribution in [0.25, 0.3) is 6.08 Å². The van der Waals surface area contributed by atoms with E-state index >= 15 is 0 Å². The number of hydrogen-bond acceptors (Lipinski definition) is 2. The summed E-state index contributed by atoms with van der Waals surface area (Å²) in [5.41, 5.74) is 7.36. The summed E-state index contributed by atoms with van der Waals surface area (Å²) in [5.74, 6) is 1.48. The van der Waals surface area contributed by atoms with Gasteiger partial charge in [0.25, 0.3) is 0 Å². The molecule has 1 aliphatic rings. The standard InChI is InChI=1S/C17H24N2O/c1-13-5-7-15(8-6-13)12-19-17(20)10-9-14-3-2-4-16(18)11-14/h2-4,9-11,13,15H,5-8,12,18H2,1H3,(H,19,20)/b10-9+. The molecule has 3 heteroatoms. The molecule has 0 bridgehead atoms. The lowest BCUT2D eigenvalue weighted by atomic mass is 9.83. The fourth-order valence-corrected chi connectivity index (χ4v) is 2.67. The highest BCUT2D eigenvalue weighted by molar-refractivity contribution is 5.91. The van der Waals surface area contributed by atoms with E-state index in [1.54, 1.807) is 12.2 Å². The number of amides is 1. The molecule has 0 atom stereocenters. The van der Waals surface area contributed by atoms with Crippen LogP contribution in [0, 0.1) is 11.8 Å². The van der Waals surface area contributed by atoms with Crippen LogP contribution in [0.4, 0.5) is 5.69 Å². The second-order valence-corrected chi connectivity index (χ2v) is 5.87. The minimum absolute atomic E-state index is 0.0222. The van der Waals surface area contributed by atoms with Gasteiger partial charge in [-0.2, -0.15) is 0 Å².